The van der Waals surface area contributed by atoms with Gasteiger partial charge < -0.3 is 10.2 Å². The summed E-state index contributed by atoms with van der Waals surface area (Å²) in [5.41, 5.74) is 9.43. The Balaban J connectivity index is 1.45. The highest BCUT2D eigenvalue weighted by Gasteiger charge is 2.28. The number of carbonyl (C=O) groups is 1. The minimum Gasteiger partial charge on any atom is -0.438 e. The first kappa shape index (κ1) is 26.1. The number of amides is 1. The van der Waals surface area contributed by atoms with Gasteiger partial charge in [0.25, 0.3) is 0 Å². The first-order chi connectivity index (χ1) is 19.0. The van der Waals surface area contributed by atoms with Crippen LogP contribution in [0.1, 0.15) is 24.1 Å². The van der Waals surface area contributed by atoms with Crippen LogP contribution in [0.15, 0.2) is 94.5 Å². The fraction of sp³-hybridized carbons (Fsp3) is 0.103. The van der Waals surface area contributed by atoms with Crippen molar-refractivity contribution in [1.82, 2.24) is 14.8 Å². The van der Waals surface area contributed by atoms with Gasteiger partial charge in [0, 0.05) is 21.9 Å². The van der Waals surface area contributed by atoms with Gasteiger partial charge in [0.2, 0.25) is 17.7 Å². The lowest BCUT2D eigenvalue weighted by molar-refractivity contribution is -0.119. The summed E-state index contributed by atoms with van der Waals surface area (Å²) in [6.45, 7) is 1.68. The Labute approximate surface area is 234 Å². The summed E-state index contributed by atoms with van der Waals surface area (Å²) in [6.07, 6.45) is 0. The normalized spacial score (nSPS) is 11.6. The van der Waals surface area contributed by atoms with E-state index < -0.39 is 11.9 Å². The first-order valence-corrected chi connectivity index (χ1v) is 13.4. The summed E-state index contributed by atoms with van der Waals surface area (Å²) >= 11 is 7.65. The third-order valence-electron chi connectivity index (χ3n) is 6.13. The number of benzene rings is 3. The third-order valence-corrected chi connectivity index (χ3v) is 7.49. The van der Waals surface area contributed by atoms with Gasteiger partial charge in [-0.3, -0.25) is 14.7 Å². The van der Waals surface area contributed by atoms with Crippen molar-refractivity contribution in [1.29, 1.82) is 5.26 Å². The van der Waals surface area contributed by atoms with Crippen LogP contribution in [0.3, 0.4) is 0 Å². The topological polar surface area (TPSA) is 123 Å². The number of hydrogen-bond donors (Lipinski definition) is 2. The molecule has 0 saturated carbocycles. The van der Waals surface area contributed by atoms with Gasteiger partial charge in [-0.25, -0.2) is 0 Å². The molecule has 0 aliphatic rings. The van der Waals surface area contributed by atoms with Crippen LogP contribution >= 0.6 is 23.4 Å². The zero-order chi connectivity index (χ0) is 27.4. The summed E-state index contributed by atoms with van der Waals surface area (Å²) in [5.74, 6) is 0.717. The van der Waals surface area contributed by atoms with Crippen molar-refractivity contribution >= 4 is 41.1 Å². The number of hydrogen-bond acceptors (Lipinski definition) is 7. The number of aromatic nitrogens is 3. The molecule has 0 spiro atoms. The van der Waals surface area contributed by atoms with E-state index in [4.69, 9.17) is 21.8 Å². The van der Waals surface area contributed by atoms with Crippen molar-refractivity contribution in [2.24, 2.45) is 0 Å². The van der Waals surface area contributed by atoms with Crippen LogP contribution in [0, 0.1) is 11.3 Å². The van der Waals surface area contributed by atoms with Gasteiger partial charge >= 0.3 is 0 Å². The quantitative estimate of drug-likeness (QED) is 0.202. The number of nitrogens with zero attached hydrogens (tertiary/aromatic N) is 4. The molecule has 1 unspecified atom stereocenters. The molecule has 1 atom stereocenters. The number of anilines is 2. The standard InChI is InChI=1S/C29H23ClN6O2S/c1-18(36-28(32)34-35-29(36)39-17-21-14-8-9-15-23(21)30)26(37)33-27-22(16-31)24(19-10-4-2-5-11-19)25(38-27)20-12-6-3-7-13-20/h2-15,18H,17H2,1H3,(H2,32,34)(H,33,37). The number of nitriles is 1. The largest absolute Gasteiger partial charge is 0.438 e. The van der Waals surface area contributed by atoms with E-state index in [1.807, 2.05) is 84.9 Å². The zero-order valence-corrected chi connectivity index (χ0v) is 22.4. The zero-order valence-electron chi connectivity index (χ0n) is 20.8. The van der Waals surface area contributed by atoms with Gasteiger partial charge in [-0.1, -0.05) is 102 Å². The maximum absolute atomic E-state index is 13.5. The lowest BCUT2D eigenvalue weighted by Crippen LogP contribution is -2.25. The molecule has 2 aromatic heterocycles. The van der Waals surface area contributed by atoms with Crippen LogP contribution in [0.5, 0.6) is 0 Å². The SMILES string of the molecule is CC(C(=O)Nc1oc(-c2ccccc2)c(-c2ccccc2)c1C#N)n1c(N)nnc1SCc1ccccc1Cl. The molecule has 3 N–H and O–H groups in total. The lowest BCUT2D eigenvalue weighted by atomic mass is 9.98. The highest BCUT2D eigenvalue weighted by atomic mass is 35.5. The Bertz CT molecular complexity index is 1660. The molecule has 5 aromatic rings. The summed E-state index contributed by atoms with van der Waals surface area (Å²) in [6, 6.07) is 27.8. The van der Waals surface area contributed by atoms with Crippen LogP contribution in [-0.2, 0) is 10.5 Å². The average Bonchev–Trinajstić information content (AvgIpc) is 3.52. The molecule has 3 aromatic carbocycles. The minimum absolute atomic E-state index is 0.0592. The fourth-order valence-corrected chi connectivity index (χ4v) is 5.45. The second-order valence-corrected chi connectivity index (χ2v) is 9.96. The van der Waals surface area contributed by atoms with E-state index in [-0.39, 0.29) is 17.4 Å². The molecule has 194 valence electrons. The molecule has 0 radical (unpaired) electrons. The summed E-state index contributed by atoms with van der Waals surface area (Å²) in [5, 5.41) is 22.2. The Kier molecular flexibility index (Phi) is 7.68. The van der Waals surface area contributed by atoms with Crippen LogP contribution in [0.25, 0.3) is 22.5 Å². The maximum Gasteiger partial charge on any atom is 0.249 e. The molecular formula is C29H23ClN6O2S. The second-order valence-electron chi connectivity index (χ2n) is 8.61. The Morgan fingerprint density at radius 1 is 1.05 bits per heavy atom. The summed E-state index contributed by atoms with van der Waals surface area (Å²) in [7, 11) is 0. The van der Waals surface area contributed by atoms with E-state index in [2.05, 4.69) is 21.6 Å². The third kappa shape index (κ3) is 5.39. The maximum atomic E-state index is 13.5. The van der Waals surface area contributed by atoms with E-state index in [0.717, 1.165) is 16.7 Å². The molecule has 10 heteroatoms. The monoisotopic (exact) mass is 554 g/mol. The molecule has 0 fully saturated rings. The predicted molar refractivity (Wildman–Crippen MR) is 153 cm³/mol. The van der Waals surface area contributed by atoms with Crippen molar-refractivity contribution in [2.75, 3.05) is 11.1 Å². The number of thioether (sulfide) groups is 1. The molecule has 5 rings (SSSR count). The van der Waals surface area contributed by atoms with E-state index in [9.17, 15) is 10.1 Å². The molecule has 8 nitrogen and oxygen atoms in total. The van der Waals surface area contributed by atoms with E-state index in [0.29, 0.717) is 27.3 Å². The number of furan rings is 1. The molecule has 0 bridgehead atoms. The first-order valence-electron chi connectivity index (χ1n) is 12.0. The van der Waals surface area contributed by atoms with Crippen molar-refractivity contribution in [2.45, 2.75) is 23.9 Å². The molecule has 1 amide bonds. The van der Waals surface area contributed by atoms with Crippen LogP contribution < -0.4 is 11.1 Å². The van der Waals surface area contributed by atoms with Crippen molar-refractivity contribution in [3.63, 3.8) is 0 Å². The predicted octanol–water partition coefficient (Wildman–Crippen LogP) is 6.80. The number of nitrogens with one attached hydrogen (secondary N) is 1. The van der Waals surface area contributed by atoms with Gasteiger partial charge in [0.15, 0.2) is 5.16 Å². The number of nitrogens with two attached hydrogens (primary N) is 1. The number of halogens is 1. The van der Waals surface area contributed by atoms with Crippen LogP contribution in [0.2, 0.25) is 5.02 Å². The average molecular weight is 555 g/mol. The van der Waals surface area contributed by atoms with Crippen LogP contribution in [-0.4, -0.2) is 20.7 Å². The van der Waals surface area contributed by atoms with Gasteiger partial charge in [-0.2, -0.15) is 5.26 Å². The molecule has 0 saturated heterocycles. The molecule has 39 heavy (non-hydrogen) atoms. The number of carbonyl (C=O) groups excluding carboxylic acids is 1. The number of rotatable bonds is 8. The fourth-order valence-electron chi connectivity index (χ4n) is 4.14. The summed E-state index contributed by atoms with van der Waals surface area (Å²) in [4.78, 5) is 13.5. The molecule has 0 aliphatic heterocycles. The summed E-state index contributed by atoms with van der Waals surface area (Å²) < 4.78 is 7.69. The minimum atomic E-state index is -0.800. The van der Waals surface area contributed by atoms with Gasteiger partial charge in [-0.05, 0) is 24.1 Å². The molecule has 2 heterocycles. The van der Waals surface area contributed by atoms with E-state index in [1.54, 1.807) is 11.5 Å². The smallest absolute Gasteiger partial charge is 0.249 e. The van der Waals surface area contributed by atoms with Gasteiger partial charge in [-0.15, -0.1) is 10.2 Å². The van der Waals surface area contributed by atoms with Crippen molar-refractivity contribution in [3.05, 3.63) is 101 Å². The van der Waals surface area contributed by atoms with Crippen molar-refractivity contribution in [3.8, 4) is 28.5 Å². The molecule has 0 aliphatic carbocycles. The van der Waals surface area contributed by atoms with Gasteiger partial charge in [0.05, 0.1) is 0 Å². The Hall–Kier alpha value is -4.52. The Morgan fingerprint density at radius 2 is 1.69 bits per heavy atom. The lowest BCUT2D eigenvalue weighted by Gasteiger charge is -2.16. The van der Waals surface area contributed by atoms with E-state index >= 15 is 0 Å². The van der Waals surface area contributed by atoms with Crippen molar-refractivity contribution < 1.29 is 9.21 Å². The van der Waals surface area contributed by atoms with Gasteiger partial charge in [0.1, 0.15) is 23.4 Å². The highest BCUT2D eigenvalue weighted by Crippen LogP contribution is 2.41. The molecular weight excluding hydrogens is 532 g/mol. The van der Waals surface area contributed by atoms with Crippen LogP contribution in [0.4, 0.5) is 11.8 Å². The second kappa shape index (κ2) is 11.5. The highest BCUT2D eigenvalue weighted by molar-refractivity contribution is 7.98. The Morgan fingerprint density at radius 3 is 2.36 bits per heavy atom. The van der Waals surface area contributed by atoms with E-state index in [1.165, 1.54) is 11.8 Å². The number of nitrogen functional groups attached to an aromatic ring is 1.